The van der Waals surface area contributed by atoms with Crippen LogP contribution in [0.25, 0.3) is 0 Å². The maximum Gasteiger partial charge on any atom is 0.167 e. The second kappa shape index (κ2) is 4.49. The van der Waals surface area contributed by atoms with Gasteiger partial charge in [0.2, 0.25) is 0 Å². The molecule has 0 bridgehead atoms. The number of nitrogen functional groups attached to an aromatic ring is 1. The molecule has 1 aromatic heterocycles. The summed E-state index contributed by atoms with van der Waals surface area (Å²) in [5, 5.41) is 3.68. The fraction of sp³-hybridized carbons (Fsp3) is 0.308. The zero-order valence-electron chi connectivity index (χ0n) is 10.4. The van der Waals surface area contributed by atoms with Crippen molar-refractivity contribution in [1.82, 2.24) is 5.16 Å². The van der Waals surface area contributed by atoms with Crippen molar-refractivity contribution >= 4 is 11.5 Å². The smallest absolute Gasteiger partial charge is 0.167 e. The van der Waals surface area contributed by atoms with Crippen LogP contribution in [0.1, 0.15) is 16.9 Å². The molecule has 1 aromatic carbocycles. The minimum absolute atomic E-state index is 0.425. The Hall–Kier alpha value is -1.97. The first-order valence-electron chi connectivity index (χ1n) is 5.55. The van der Waals surface area contributed by atoms with Crippen molar-refractivity contribution in [3.05, 3.63) is 41.2 Å². The number of aryl methyl sites for hydroxylation is 2. The Morgan fingerprint density at radius 3 is 2.65 bits per heavy atom. The van der Waals surface area contributed by atoms with Gasteiger partial charge in [0.15, 0.2) is 11.6 Å². The monoisotopic (exact) mass is 231 g/mol. The van der Waals surface area contributed by atoms with Gasteiger partial charge in [-0.3, -0.25) is 0 Å². The summed E-state index contributed by atoms with van der Waals surface area (Å²) >= 11 is 0. The summed E-state index contributed by atoms with van der Waals surface area (Å²) in [4.78, 5) is 2.12. The molecule has 0 aliphatic heterocycles. The Kier molecular flexibility index (Phi) is 3.04. The predicted molar refractivity (Wildman–Crippen MR) is 68.9 cm³/mol. The van der Waals surface area contributed by atoms with E-state index < -0.39 is 0 Å². The first kappa shape index (κ1) is 11.5. The van der Waals surface area contributed by atoms with Crippen molar-refractivity contribution in [2.24, 2.45) is 0 Å². The number of benzene rings is 1. The van der Waals surface area contributed by atoms with Crippen molar-refractivity contribution in [2.75, 3.05) is 17.7 Å². The lowest BCUT2D eigenvalue weighted by molar-refractivity contribution is 0.385. The van der Waals surface area contributed by atoms with Crippen LogP contribution in [-0.2, 0) is 6.54 Å². The van der Waals surface area contributed by atoms with E-state index in [0.29, 0.717) is 12.4 Å². The number of hydrogen-bond donors (Lipinski definition) is 1. The van der Waals surface area contributed by atoms with Gasteiger partial charge in [-0.05, 0) is 25.5 Å². The molecule has 0 amide bonds. The third-order valence-corrected chi connectivity index (χ3v) is 2.73. The van der Waals surface area contributed by atoms with Crippen LogP contribution in [0.3, 0.4) is 0 Å². The average molecular weight is 231 g/mol. The van der Waals surface area contributed by atoms with E-state index in [1.807, 2.05) is 7.05 Å². The van der Waals surface area contributed by atoms with Gasteiger partial charge >= 0.3 is 0 Å². The maximum absolute atomic E-state index is 5.52. The van der Waals surface area contributed by atoms with E-state index in [1.54, 1.807) is 6.07 Å². The molecule has 17 heavy (non-hydrogen) atoms. The highest BCUT2D eigenvalue weighted by Crippen LogP contribution is 2.21. The van der Waals surface area contributed by atoms with E-state index in [-0.39, 0.29) is 0 Å². The SMILES string of the molecule is Cc1ccc(N(C)Cc2cc(N)no2)c(C)c1. The standard InChI is InChI=1S/C13H17N3O/c1-9-4-5-12(10(2)6-9)16(3)8-11-7-13(14)15-17-11/h4-7H,8H2,1-3H3,(H2,14,15). The lowest BCUT2D eigenvalue weighted by Gasteiger charge is -2.20. The quantitative estimate of drug-likeness (QED) is 0.881. The fourth-order valence-electron chi connectivity index (χ4n) is 1.96. The average Bonchev–Trinajstić information content (AvgIpc) is 2.63. The van der Waals surface area contributed by atoms with Crippen LogP contribution in [0.2, 0.25) is 0 Å². The van der Waals surface area contributed by atoms with Gasteiger partial charge in [0.1, 0.15) is 0 Å². The van der Waals surface area contributed by atoms with E-state index in [1.165, 1.54) is 16.8 Å². The molecule has 0 aliphatic carbocycles. The molecule has 2 aromatic rings. The van der Waals surface area contributed by atoms with Crippen molar-refractivity contribution in [2.45, 2.75) is 20.4 Å². The molecule has 2 rings (SSSR count). The van der Waals surface area contributed by atoms with E-state index in [2.05, 4.69) is 42.1 Å². The first-order chi connectivity index (χ1) is 8.06. The van der Waals surface area contributed by atoms with Gasteiger partial charge in [-0.15, -0.1) is 0 Å². The summed E-state index contributed by atoms with van der Waals surface area (Å²) in [5.41, 5.74) is 9.22. The Morgan fingerprint density at radius 1 is 1.29 bits per heavy atom. The van der Waals surface area contributed by atoms with Gasteiger partial charge in [-0.25, -0.2) is 0 Å². The van der Waals surface area contributed by atoms with E-state index in [0.717, 1.165) is 5.76 Å². The van der Waals surface area contributed by atoms with Crippen LogP contribution in [0.15, 0.2) is 28.8 Å². The lowest BCUT2D eigenvalue weighted by atomic mass is 10.1. The Morgan fingerprint density at radius 2 is 2.06 bits per heavy atom. The predicted octanol–water partition coefficient (Wildman–Crippen LogP) is 2.51. The van der Waals surface area contributed by atoms with E-state index in [9.17, 15) is 0 Å². The van der Waals surface area contributed by atoms with Gasteiger partial charge in [0.05, 0.1) is 6.54 Å². The Bertz CT molecular complexity index is 519. The summed E-state index contributed by atoms with van der Waals surface area (Å²) < 4.78 is 5.10. The number of anilines is 2. The number of rotatable bonds is 3. The topological polar surface area (TPSA) is 55.3 Å². The molecule has 0 spiro atoms. The summed E-state index contributed by atoms with van der Waals surface area (Å²) in [6.07, 6.45) is 0. The van der Waals surface area contributed by atoms with Crippen LogP contribution in [-0.4, -0.2) is 12.2 Å². The number of nitrogens with zero attached hydrogens (tertiary/aromatic N) is 2. The molecule has 0 atom stereocenters. The van der Waals surface area contributed by atoms with Crippen LogP contribution in [0, 0.1) is 13.8 Å². The summed E-state index contributed by atoms with van der Waals surface area (Å²) in [6, 6.07) is 8.14. The largest absolute Gasteiger partial charge is 0.381 e. The van der Waals surface area contributed by atoms with Gasteiger partial charge < -0.3 is 15.2 Å². The molecule has 1 heterocycles. The van der Waals surface area contributed by atoms with E-state index >= 15 is 0 Å². The van der Waals surface area contributed by atoms with E-state index in [4.69, 9.17) is 10.3 Å². The summed E-state index contributed by atoms with van der Waals surface area (Å²) in [6.45, 7) is 4.86. The number of hydrogen-bond acceptors (Lipinski definition) is 4. The highest BCUT2D eigenvalue weighted by Gasteiger charge is 2.08. The van der Waals surface area contributed by atoms with Crippen molar-refractivity contribution in [3.63, 3.8) is 0 Å². The molecule has 2 N–H and O–H groups in total. The third kappa shape index (κ3) is 2.58. The lowest BCUT2D eigenvalue weighted by Crippen LogP contribution is -2.17. The Labute approximate surface area is 101 Å². The Balaban J connectivity index is 2.17. The second-order valence-corrected chi connectivity index (χ2v) is 4.36. The minimum Gasteiger partial charge on any atom is -0.381 e. The molecule has 0 radical (unpaired) electrons. The summed E-state index contributed by atoms with van der Waals surface area (Å²) in [7, 11) is 2.02. The van der Waals surface area contributed by atoms with Crippen LogP contribution < -0.4 is 10.6 Å². The van der Waals surface area contributed by atoms with Gasteiger partial charge in [0.25, 0.3) is 0 Å². The van der Waals surface area contributed by atoms with Gasteiger partial charge in [-0.1, -0.05) is 22.9 Å². The molecule has 0 saturated heterocycles. The van der Waals surface area contributed by atoms with Gasteiger partial charge in [-0.2, -0.15) is 0 Å². The zero-order valence-corrected chi connectivity index (χ0v) is 10.4. The molecule has 90 valence electrons. The van der Waals surface area contributed by atoms with Crippen molar-refractivity contribution < 1.29 is 4.52 Å². The second-order valence-electron chi connectivity index (χ2n) is 4.36. The van der Waals surface area contributed by atoms with Crippen LogP contribution in [0.4, 0.5) is 11.5 Å². The molecule has 0 fully saturated rings. The number of nitrogens with two attached hydrogens (primary N) is 1. The molecular formula is C13H17N3O. The van der Waals surface area contributed by atoms with Crippen molar-refractivity contribution in [3.8, 4) is 0 Å². The highest BCUT2D eigenvalue weighted by molar-refractivity contribution is 5.53. The van der Waals surface area contributed by atoms with Crippen LogP contribution in [0.5, 0.6) is 0 Å². The molecule has 0 saturated carbocycles. The highest BCUT2D eigenvalue weighted by atomic mass is 16.5. The van der Waals surface area contributed by atoms with Gasteiger partial charge in [0, 0.05) is 18.8 Å². The first-order valence-corrected chi connectivity index (χ1v) is 5.55. The van der Waals surface area contributed by atoms with Crippen LogP contribution >= 0.6 is 0 Å². The molecule has 0 unspecified atom stereocenters. The zero-order chi connectivity index (χ0) is 12.4. The molecule has 4 heteroatoms. The minimum atomic E-state index is 0.425. The summed E-state index contributed by atoms with van der Waals surface area (Å²) in [5.74, 6) is 1.19. The fourth-order valence-corrected chi connectivity index (χ4v) is 1.96. The van der Waals surface area contributed by atoms with Crippen molar-refractivity contribution in [1.29, 1.82) is 0 Å². The third-order valence-electron chi connectivity index (χ3n) is 2.73. The number of aromatic nitrogens is 1. The molecule has 4 nitrogen and oxygen atoms in total. The molecule has 0 aliphatic rings. The maximum atomic E-state index is 5.52. The molecular weight excluding hydrogens is 214 g/mol. The normalized spacial score (nSPS) is 10.5.